The van der Waals surface area contributed by atoms with Gasteiger partial charge in [0.05, 0.1) is 20.3 Å². The predicted molar refractivity (Wildman–Crippen MR) is 125 cm³/mol. The van der Waals surface area contributed by atoms with Crippen molar-refractivity contribution in [1.29, 1.82) is 0 Å². The molecular weight excluding hydrogens is 452 g/mol. The summed E-state index contributed by atoms with van der Waals surface area (Å²) >= 11 is 0. The van der Waals surface area contributed by atoms with Gasteiger partial charge in [0, 0.05) is 18.2 Å². The maximum Gasteiger partial charge on any atom is 0.319 e. The van der Waals surface area contributed by atoms with Crippen LogP contribution in [0.15, 0.2) is 60.7 Å². The fraction of sp³-hybridized carbons (Fsp3) is 0.240. The number of hydrogen-bond donors (Lipinski definition) is 1. The summed E-state index contributed by atoms with van der Waals surface area (Å²) in [6, 6.07) is 17.1. The van der Waals surface area contributed by atoms with E-state index in [1.807, 2.05) is 24.3 Å². The van der Waals surface area contributed by atoms with Crippen molar-refractivity contribution >= 4 is 18.4 Å². The zero-order chi connectivity index (χ0) is 22.9. The quantitative estimate of drug-likeness (QED) is 0.402. The molecule has 0 aliphatic carbocycles. The number of carbonyl (C=O) groups is 1. The molecule has 0 aliphatic heterocycles. The number of benzene rings is 3. The van der Waals surface area contributed by atoms with Gasteiger partial charge in [0.2, 0.25) is 0 Å². The van der Waals surface area contributed by atoms with E-state index in [4.69, 9.17) is 14.2 Å². The summed E-state index contributed by atoms with van der Waals surface area (Å²) in [5.74, 6) is -1.27. The van der Waals surface area contributed by atoms with Crippen LogP contribution in [0.25, 0.3) is 11.1 Å². The van der Waals surface area contributed by atoms with Crippen LogP contribution < -0.4 is 14.8 Å². The van der Waals surface area contributed by atoms with Crippen molar-refractivity contribution in [1.82, 2.24) is 5.32 Å². The summed E-state index contributed by atoms with van der Waals surface area (Å²) in [6.45, 7) is 3.19. The van der Waals surface area contributed by atoms with Gasteiger partial charge in [-0.1, -0.05) is 36.4 Å². The average molecular weight is 478 g/mol. The smallest absolute Gasteiger partial charge is 0.319 e. The van der Waals surface area contributed by atoms with Gasteiger partial charge < -0.3 is 19.5 Å². The van der Waals surface area contributed by atoms with Crippen molar-refractivity contribution in [3.05, 3.63) is 83.4 Å². The van der Waals surface area contributed by atoms with E-state index in [0.717, 1.165) is 23.3 Å². The first-order chi connectivity index (χ1) is 15.5. The van der Waals surface area contributed by atoms with Crippen LogP contribution in [0.4, 0.5) is 8.78 Å². The number of halogens is 3. The zero-order valence-corrected chi connectivity index (χ0v) is 19.2. The molecule has 0 saturated carbocycles. The van der Waals surface area contributed by atoms with E-state index in [2.05, 4.69) is 5.32 Å². The van der Waals surface area contributed by atoms with Gasteiger partial charge in [0.15, 0.2) is 11.6 Å². The van der Waals surface area contributed by atoms with Crippen LogP contribution in [0.2, 0.25) is 0 Å². The number of ether oxygens (including phenoxy) is 3. The third-order valence-corrected chi connectivity index (χ3v) is 4.71. The molecule has 0 amide bonds. The summed E-state index contributed by atoms with van der Waals surface area (Å²) in [5.41, 5.74) is 3.15. The van der Waals surface area contributed by atoms with Gasteiger partial charge in [-0.05, 0) is 41.8 Å². The third kappa shape index (κ3) is 7.44. The van der Waals surface area contributed by atoms with Crippen LogP contribution in [-0.2, 0) is 22.7 Å². The van der Waals surface area contributed by atoms with E-state index in [-0.39, 0.29) is 30.7 Å². The molecule has 5 nitrogen and oxygen atoms in total. The Morgan fingerprint density at radius 3 is 2.36 bits per heavy atom. The molecule has 0 aromatic heterocycles. The van der Waals surface area contributed by atoms with E-state index in [1.54, 1.807) is 31.2 Å². The lowest BCUT2D eigenvalue weighted by atomic mass is 10.0. The number of hydrogen-bond acceptors (Lipinski definition) is 5. The van der Waals surface area contributed by atoms with Crippen LogP contribution in [0.1, 0.15) is 18.1 Å². The Morgan fingerprint density at radius 2 is 1.67 bits per heavy atom. The van der Waals surface area contributed by atoms with E-state index >= 15 is 0 Å². The van der Waals surface area contributed by atoms with Gasteiger partial charge >= 0.3 is 5.97 Å². The lowest BCUT2D eigenvalue weighted by Crippen LogP contribution is -2.24. The van der Waals surface area contributed by atoms with Crippen LogP contribution in [0.5, 0.6) is 11.5 Å². The van der Waals surface area contributed by atoms with E-state index in [9.17, 15) is 13.6 Å². The van der Waals surface area contributed by atoms with Crippen molar-refractivity contribution in [2.75, 3.05) is 20.3 Å². The fourth-order valence-corrected chi connectivity index (χ4v) is 3.17. The number of nitrogens with one attached hydrogen (secondary N) is 1. The van der Waals surface area contributed by atoms with Gasteiger partial charge in [-0.2, -0.15) is 0 Å². The van der Waals surface area contributed by atoms with E-state index < -0.39 is 11.6 Å². The van der Waals surface area contributed by atoms with Crippen molar-refractivity contribution in [3.63, 3.8) is 0 Å². The number of methoxy groups -OCH3 is 1. The highest BCUT2D eigenvalue weighted by Crippen LogP contribution is 2.33. The molecule has 176 valence electrons. The molecule has 0 fully saturated rings. The largest absolute Gasteiger partial charge is 0.496 e. The molecule has 0 atom stereocenters. The number of esters is 1. The van der Waals surface area contributed by atoms with Crippen molar-refractivity contribution in [2.45, 2.75) is 20.1 Å². The monoisotopic (exact) mass is 477 g/mol. The maximum atomic E-state index is 13.7. The summed E-state index contributed by atoms with van der Waals surface area (Å²) < 4.78 is 43.0. The van der Waals surface area contributed by atoms with E-state index in [0.29, 0.717) is 36.6 Å². The average Bonchev–Trinajstić information content (AvgIpc) is 2.80. The van der Waals surface area contributed by atoms with Gasteiger partial charge in [0.1, 0.15) is 18.1 Å². The minimum Gasteiger partial charge on any atom is -0.496 e. The lowest BCUT2D eigenvalue weighted by Gasteiger charge is -2.11. The summed E-state index contributed by atoms with van der Waals surface area (Å²) in [7, 11) is 1.41. The Hall–Kier alpha value is -3.16. The normalized spacial score (nSPS) is 10.3. The van der Waals surface area contributed by atoms with Crippen molar-refractivity contribution in [2.24, 2.45) is 0 Å². The first-order valence-electron chi connectivity index (χ1n) is 10.2. The molecule has 3 aromatic rings. The molecular formula is C25H26ClF2NO4. The molecule has 8 heteroatoms. The second kappa shape index (κ2) is 12.8. The van der Waals surface area contributed by atoms with Crippen LogP contribution in [0.3, 0.4) is 0 Å². The molecule has 0 saturated heterocycles. The molecule has 0 spiro atoms. The molecule has 33 heavy (non-hydrogen) atoms. The molecule has 0 aliphatic rings. The van der Waals surface area contributed by atoms with Gasteiger partial charge in [0.25, 0.3) is 0 Å². The van der Waals surface area contributed by atoms with Crippen LogP contribution in [0, 0.1) is 11.6 Å². The summed E-state index contributed by atoms with van der Waals surface area (Å²) in [4.78, 5) is 11.4. The molecule has 3 aromatic carbocycles. The molecule has 0 heterocycles. The minimum atomic E-state index is -0.955. The van der Waals surface area contributed by atoms with Gasteiger partial charge in [-0.15, -0.1) is 12.4 Å². The SMILES string of the molecule is CCOC(=O)CNCc1cccc(COc2ccc(-c3cc(F)c(F)cc3OC)cc2)c1.Cl. The minimum absolute atomic E-state index is 0. The Balaban J connectivity index is 0.00000385. The summed E-state index contributed by atoms with van der Waals surface area (Å²) in [6.07, 6.45) is 0. The van der Waals surface area contributed by atoms with Crippen LogP contribution in [-0.4, -0.2) is 26.2 Å². The Kier molecular flexibility index (Phi) is 10.1. The highest BCUT2D eigenvalue weighted by atomic mass is 35.5. The lowest BCUT2D eigenvalue weighted by molar-refractivity contribution is -0.142. The second-order valence-electron chi connectivity index (χ2n) is 7.01. The maximum absolute atomic E-state index is 13.7. The van der Waals surface area contributed by atoms with Gasteiger partial charge in [-0.3, -0.25) is 4.79 Å². The molecule has 1 N–H and O–H groups in total. The van der Waals surface area contributed by atoms with Crippen LogP contribution >= 0.6 is 12.4 Å². The van der Waals surface area contributed by atoms with Crippen molar-refractivity contribution in [3.8, 4) is 22.6 Å². The van der Waals surface area contributed by atoms with E-state index in [1.165, 1.54) is 7.11 Å². The highest BCUT2D eigenvalue weighted by Gasteiger charge is 2.12. The van der Waals surface area contributed by atoms with Gasteiger partial charge in [-0.25, -0.2) is 8.78 Å². The second-order valence-corrected chi connectivity index (χ2v) is 7.01. The molecule has 0 radical (unpaired) electrons. The molecule has 0 bridgehead atoms. The highest BCUT2D eigenvalue weighted by molar-refractivity contribution is 5.85. The Morgan fingerprint density at radius 1 is 0.970 bits per heavy atom. The topological polar surface area (TPSA) is 56.8 Å². The zero-order valence-electron chi connectivity index (χ0n) is 18.4. The first kappa shape index (κ1) is 26.1. The standard InChI is InChI=1S/C25H25F2NO4.ClH/c1-3-31-25(29)15-28-14-17-5-4-6-18(11-17)16-32-20-9-7-19(8-10-20)21-12-22(26)23(27)13-24(21)30-2;/h4-13,28H,3,14-16H2,1-2H3;1H. The molecule has 3 rings (SSSR count). The predicted octanol–water partition coefficient (Wildman–Crippen LogP) is 5.29. The first-order valence-corrected chi connectivity index (χ1v) is 10.2. The number of rotatable bonds is 10. The molecule has 0 unspecified atom stereocenters. The third-order valence-electron chi connectivity index (χ3n) is 4.71. The fourth-order valence-electron chi connectivity index (χ4n) is 3.17. The summed E-state index contributed by atoms with van der Waals surface area (Å²) in [5, 5.41) is 3.05. The Labute approximate surface area is 198 Å². The van der Waals surface area contributed by atoms with Crippen molar-refractivity contribution < 1.29 is 27.8 Å². The Bertz CT molecular complexity index is 1060. The number of carbonyl (C=O) groups excluding carboxylic acids is 1.